The number of H-pyrrole nitrogens is 1. The summed E-state index contributed by atoms with van der Waals surface area (Å²) in [5.41, 5.74) is 3.43. The molecule has 2 aromatic carbocycles. The first-order valence-corrected chi connectivity index (χ1v) is 9.56. The quantitative estimate of drug-likeness (QED) is 0.720. The standard InChI is InChI=1S/C22H24N4O3/c1-28-17-9-7-16(8-10-17)22-19(15-21(27)23-24-22)26-13-11-25(12-14-26)18-5-3-4-6-20(18)29-2/h3-10,15H,11-14H2,1-2H3,(H,23,27). The van der Waals surface area contributed by atoms with Gasteiger partial charge in [0.25, 0.3) is 5.56 Å². The molecule has 1 aliphatic heterocycles. The molecule has 3 aromatic rings. The predicted octanol–water partition coefficient (Wildman–Crippen LogP) is 2.78. The Morgan fingerprint density at radius 1 is 0.862 bits per heavy atom. The summed E-state index contributed by atoms with van der Waals surface area (Å²) >= 11 is 0. The van der Waals surface area contributed by atoms with Gasteiger partial charge in [0.2, 0.25) is 0 Å². The van der Waals surface area contributed by atoms with E-state index in [1.807, 2.05) is 42.5 Å². The summed E-state index contributed by atoms with van der Waals surface area (Å²) in [5.74, 6) is 1.66. The number of aromatic amines is 1. The minimum atomic E-state index is -0.204. The fourth-order valence-electron chi connectivity index (χ4n) is 3.67. The first kappa shape index (κ1) is 18.9. The second kappa shape index (κ2) is 8.26. The van der Waals surface area contributed by atoms with Crippen LogP contribution in [-0.2, 0) is 0 Å². The maximum absolute atomic E-state index is 12.0. The molecule has 7 heteroatoms. The molecule has 7 nitrogen and oxygen atoms in total. The number of ether oxygens (including phenoxy) is 2. The molecule has 0 aliphatic carbocycles. The summed E-state index contributed by atoms with van der Waals surface area (Å²) in [6.07, 6.45) is 0. The van der Waals surface area contributed by atoms with Gasteiger partial charge < -0.3 is 19.3 Å². The van der Waals surface area contributed by atoms with E-state index in [1.165, 1.54) is 0 Å². The molecule has 0 atom stereocenters. The van der Waals surface area contributed by atoms with Crippen LogP contribution in [0.15, 0.2) is 59.4 Å². The number of anilines is 2. The molecule has 0 amide bonds. The smallest absolute Gasteiger partial charge is 0.266 e. The van der Waals surface area contributed by atoms with Crippen molar-refractivity contribution >= 4 is 11.4 Å². The monoisotopic (exact) mass is 392 g/mol. The molecule has 2 heterocycles. The van der Waals surface area contributed by atoms with E-state index >= 15 is 0 Å². The van der Waals surface area contributed by atoms with Crippen molar-refractivity contribution in [3.8, 4) is 22.8 Å². The Morgan fingerprint density at radius 3 is 2.17 bits per heavy atom. The van der Waals surface area contributed by atoms with Crippen LogP contribution in [-0.4, -0.2) is 50.6 Å². The van der Waals surface area contributed by atoms with Gasteiger partial charge >= 0.3 is 0 Å². The number of aromatic nitrogens is 2. The number of piperazine rings is 1. The second-order valence-corrected chi connectivity index (χ2v) is 6.84. The van der Waals surface area contributed by atoms with Gasteiger partial charge in [0.15, 0.2) is 0 Å². The fraction of sp³-hybridized carbons (Fsp3) is 0.273. The normalized spacial score (nSPS) is 14.0. The summed E-state index contributed by atoms with van der Waals surface area (Å²) in [6, 6.07) is 17.4. The minimum absolute atomic E-state index is 0.204. The molecular formula is C22H24N4O3. The van der Waals surface area contributed by atoms with Crippen molar-refractivity contribution in [2.24, 2.45) is 0 Å². The van der Waals surface area contributed by atoms with Gasteiger partial charge in [0.05, 0.1) is 25.6 Å². The summed E-state index contributed by atoms with van der Waals surface area (Å²) in [4.78, 5) is 16.5. The lowest BCUT2D eigenvalue weighted by molar-refractivity contribution is 0.413. The largest absolute Gasteiger partial charge is 0.497 e. The van der Waals surface area contributed by atoms with Crippen molar-refractivity contribution in [2.45, 2.75) is 0 Å². The number of hydrogen-bond donors (Lipinski definition) is 1. The van der Waals surface area contributed by atoms with Gasteiger partial charge in [-0.1, -0.05) is 12.1 Å². The van der Waals surface area contributed by atoms with Gasteiger partial charge in [0, 0.05) is 37.8 Å². The number of benzene rings is 2. The number of nitrogens with one attached hydrogen (secondary N) is 1. The predicted molar refractivity (Wildman–Crippen MR) is 114 cm³/mol. The van der Waals surface area contributed by atoms with E-state index in [-0.39, 0.29) is 5.56 Å². The first-order valence-electron chi connectivity index (χ1n) is 9.56. The van der Waals surface area contributed by atoms with E-state index < -0.39 is 0 Å². The molecule has 0 saturated carbocycles. The number of para-hydroxylation sites is 2. The van der Waals surface area contributed by atoms with Crippen molar-refractivity contribution in [3.63, 3.8) is 0 Å². The van der Waals surface area contributed by atoms with Crippen LogP contribution in [0.3, 0.4) is 0 Å². The lowest BCUT2D eigenvalue weighted by Gasteiger charge is -2.38. The second-order valence-electron chi connectivity index (χ2n) is 6.84. The number of nitrogens with zero attached hydrogens (tertiary/aromatic N) is 3. The van der Waals surface area contributed by atoms with E-state index in [4.69, 9.17) is 9.47 Å². The molecular weight excluding hydrogens is 368 g/mol. The molecule has 29 heavy (non-hydrogen) atoms. The Labute approximate surface area is 169 Å². The molecule has 0 bridgehead atoms. The van der Waals surface area contributed by atoms with E-state index in [9.17, 15) is 4.79 Å². The summed E-state index contributed by atoms with van der Waals surface area (Å²) in [7, 11) is 3.33. The Bertz CT molecular complexity index is 1020. The molecule has 0 unspecified atom stereocenters. The third-order valence-corrected chi connectivity index (χ3v) is 5.20. The molecule has 0 spiro atoms. The zero-order valence-corrected chi connectivity index (χ0v) is 16.6. The minimum Gasteiger partial charge on any atom is -0.497 e. The van der Waals surface area contributed by atoms with Crippen LogP contribution in [0.4, 0.5) is 11.4 Å². The highest BCUT2D eigenvalue weighted by Crippen LogP contribution is 2.32. The van der Waals surface area contributed by atoms with Gasteiger partial charge in [-0.2, -0.15) is 5.10 Å². The van der Waals surface area contributed by atoms with Crippen LogP contribution < -0.4 is 24.8 Å². The van der Waals surface area contributed by atoms with E-state index in [0.29, 0.717) is 0 Å². The third-order valence-electron chi connectivity index (χ3n) is 5.20. The van der Waals surface area contributed by atoms with Gasteiger partial charge in [0.1, 0.15) is 17.2 Å². The average Bonchev–Trinajstić information content (AvgIpc) is 2.79. The Morgan fingerprint density at radius 2 is 1.52 bits per heavy atom. The van der Waals surface area contributed by atoms with Crippen LogP contribution >= 0.6 is 0 Å². The lowest BCUT2D eigenvalue weighted by Crippen LogP contribution is -2.47. The van der Waals surface area contributed by atoms with E-state index in [0.717, 1.165) is 60.3 Å². The van der Waals surface area contributed by atoms with Crippen LogP contribution in [0.2, 0.25) is 0 Å². The van der Waals surface area contributed by atoms with Gasteiger partial charge in [-0.25, -0.2) is 5.10 Å². The Kier molecular flexibility index (Phi) is 5.37. The van der Waals surface area contributed by atoms with Crippen molar-refractivity contribution < 1.29 is 9.47 Å². The van der Waals surface area contributed by atoms with Gasteiger partial charge in [-0.3, -0.25) is 4.79 Å². The average molecular weight is 392 g/mol. The van der Waals surface area contributed by atoms with E-state index in [2.05, 4.69) is 26.1 Å². The molecule has 4 rings (SSSR count). The van der Waals surface area contributed by atoms with Crippen LogP contribution in [0.1, 0.15) is 0 Å². The molecule has 1 fully saturated rings. The maximum Gasteiger partial charge on any atom is 0.266 e. The van der Waals surface area contributed by atoms with Crippen molar-refractivity contribution in [1.29, 1.82) is 0 Å². The maximum atomic E-state index is 12.0. The Balaban J connectivity index is 1.58. The highest BCUT2D eigenvalue weighted by atomic mass is 16.5. The molecule has 1 aromatic heterocycles. The topological polar surface area (TPSA) is 70.7 Å². The van der Waals surface area contributed by atoms with Gasteiger partial charge in [-0.05, 0) is 36.4 Å². The molecule has 0 radical (unpaired) electrons. The third kappa shape index (κ3) is 3.89. The number of methoxy groups -OCH3 is 2. The first-order chi connectivity index (χ1) is 14.2. The summed E-state index contributed by atoms with van der Waals surface area (Å²) in [5, 5.41) is 6.90. The molecule has 1 saturated heterocycles. The summed E-state index contributed by atoms with van der Waals surface area (Å²) < 4.78 is 10.7. The fourth-order valence-corrected chi connectivity index (χ4v) is 3.67. The van der Waals surface area contributed by atoms with Crippen molar-refractivity contribution in [3.05, 3.63) is 65.0 Å². The van der Waals surface area contributed by atoms with Crippen LogP contribution in [0.5, 0.6) is 11.5 Å². The molecule has 150 valence electrons. The molecule has 1 aliphatic rings. The van der Waals surface area contributed by atoms with Crippen LogP contribution in [0.25, 0.3) is 11.3 Å². The highest BCUT2D eigenvalue weighted by molar-refractivity contribution is 5.75. The number of hydrogen-bond acceptors (Lipinski definition) is 6. The Hall–Kier alpha value is -3.48. The van der Waals surface area contributed by atoms with Gasteiger partial charge in [-0.15, -0.1) is 0 Å². The number of rotatable bonds is 5. The van der Waals surface area contributed by atoms with Crippen molar-refractivity contribution in [1.82, 2.24) is 10.2 Å². The van der Waals surface area contributed by atoms with Crippen LogP contribution in [0, 0.1) is 0 Å². The summed E-state index contributed by atoms with van der Waals surface area (Å²) in [6.45, 7) is 3.23. The molecule has 1 N–H and O–H groups in total. The highest BCUT2D eigenvalue weighted by Gasteiger charge is 2.22. The van der Waals surface area contributed by atoms with Crippen molar-refractivity contribution in [2.75, 3.05) is 50.2 Å². The zero-order chi connectivity index (χ0) is 20.2. The SMILES string of the molecule is COc1ccc(-c2n[nH]c(=O)cc2N2CCN(c3ccccc3OC)CC2)cc1. The van der Waals surface area contributed by atoms with E-state index in [1.54, 1.807) is 20.3 Å². The zero-order valence-electron chi connectivity index (χ0n) is 16.6. The lowest BCUT2D eigenvalue weighted by atomic mass is 10.1.